The van der Waals surface area contributed by atoms with Crippen molar-refractivity contribution in [2.45, 2.75) is 70.1 Å². The first-order chi connectivity index (χ1) is 18.1. The molecule has 0 radical (unpaired) electrons. The minimum atomic E-state index is -2.00. The fourth-order valence-electron chi connectivity index (χ4n) is 5.24. The van der Waals surface area contributed by atoms with E-state index in [0.29, 0.717) is 47.8 Å². The minimum absolute atomic E-state index is 0.00118. The Morgan fingerprint density at radius 2 is 1.97 bits per heavy atom. The molecule has 202 valence electrons. The molecule has 1 aromatic carbocycles. The van der Waals surface area contributed by atoms with Crippen molar-refractivity contribution in [1.82, 2.24) is 10.6 Å². The van der Waals surface area contributed by atoms with E-state index in [0.717, 1.165) is 44.1 Å². The maximum absolute atomic E-state index is 13.4. The summed E-state index contributed by atoms with van der Waals surface area (Å²) in [6.07, 6.45) is 8.10. The molecule has 10 nitrogen and oxygen atoms in total. The van der Waals surface area contributed by atoms with Gasteiger partial charge in [-0.1, -0.05) is 17.7 Å². The van der Waals surface area contributed by atoms with Crippen LogP contribution < -0.4 is 22.1 Å². The second-order valence-corrected chi connectivity index (χ2v) is 11.0. The van der Waals surface area contributed by atoms with Crippen molar-refractivity contribution < 1.29 is 24.4 Å². The fourth-order valence-corrected chi connectivity index (χ4v) is 5.24. The average Bonchev–Trinajstić information content (AvgIpc) is 3.79. The van der Waals surface area contributed by atoms with Gasteiger partial charge in [0.15, 0.2) is 12.1 Å². The number of nitrogens with one attached hydrogen (secondary N) is 2. The SMILES string of the molecule is CC(O)(O)c1cccc(N=C(N)/[N+](=C\N)[C@H]2CCC3=C(C2)C(C(=O)NCC2CC2)=C(NC(=O)C2CC2)C3)c1. The number of rotatable bonds is 8. The van der Waals surface area contributed by atoms with Gasteiger partial charge >= 0.3 is 5.96 Å². The lowest BCUT2D eigenvalue weighted by Crippen LogP contribution is -2.41. The molecule has 0 unspecified atom stereocenters. The lowest BCUT2D eigenvalue weighted by Gasteiger charge is -2.26. The van der Waals surface area contributed by atoms with Crippen LogP contribution >= 0.6 is 0 Å². The van der Waals surface area contributed by atoms with Gasteiger partial charge in [-0.15, -0.1) is 4.99 Å². The Labute approximate surface area is 222 Å². The summed E-state index contributed by atoms with van der Waals surface area (Å²) in [5.74, 6) is -1.36. The van der Waals surface area contributed by atoms with Gasteiger partial charge in [-0.3, -0.25) is 9.59 Å². The Hall–Kier alpha value is -3.50. The Bertz CT molecular complexity index is 1260. The Kier molecular flexibility index (Phi) is 7.11. The topological polar surface area (TPSA) is 166 Å². The fraction of sp³-hybridized carbons (Fsp3) is 0.500. The molecule has 0 bridgehead atoms. The van der Waals surface area contributed by atoms with Gasteiger partial charge in [0.2, 0.25) is 5.91 Å². The average molecular weight is 522 g/mol. The molecule has 2 amide bonds. The smallest absolute Gasteiger partial charge is 0.345 e. The number of amides is 2. The van der Waals surface area contributed by atoms with Gasteiger partial charge in [0.05, 0.1) is 11.6 Å². The highest BCUT2D eigenvalue weighted by Gasteiger charge is 2.38. The highest BCUT2D eigenvalue weighted by molar-refractivity contribution is 6.01. The molecule has 8 N–H and O–H groups in total. The lowest BCUT2D eigenvalue weighted by molar-refractivity contribution is -0.454. The maximum Gasteiger partial charge on any atom is 0.345 e. The zero-order valence-corrected chi connectivity index (χ0v) is 21.7. The number of aliphatic hydroxyl groups is 2. The zero-order chi connectivity index (χ0) is 27.0. The van der Waals surface area contributed by atoms with Gasteiger partial charge in [0.1, 0.15) is 5.69 Å². The van der Waals surface area contributed by atoms with E-state index in [9.17, 15) is 19.8 Å². The van der Waals surface area contributed by atoms with Crippen LogP contribution in [0.3, 0.4) is 0 Å². The number of hydrogen-bond acceptors (Lipinski definition) is 5. The van der Waals surface area contributed by atoms with E-state index in [-0.39, 0.29) is 29.7 Å². The summed E-state index contributed by atoms with van der Waals surface area (Å²) < 4.78 is 1.70. The van der Waals surface area contributed by atoms with Crippen molar-refractivity contribution in [3.63, 3.8) is 0 Å². The van der Waals surface area contributed by atoms with E-state index in [1.165, 1.54) is 18.8 Å². The third kappa shape index (κ3) is 5.81. The number of hydrogen-bond donors (Lipinski definition) is 6. The molecular weight excluding hydrogens is 484 g/mol. The molecule has 5 rings (SSSR count). The number of carbonyl (C=O) groups excluding carboxylic acids is 2. The van der Waals surface area contributed by atoms with E-state index in [4.69, 9.17) is 11.5 Å². The summed E-state index contributed by atoms with van der Waals surface area (Å²) in [6, 6.07) is 6.41. The van der Waals surface area contributed by atoms with E-state index < -0.39 is 5.79 Å². The molecule has 0 aromatic heterocycles. The summed E-state index contributed by atoms with van der Waals surface area (Å²) in [5.41, 5.74) is 16.6. The van der Waals surface area contributed by atoms with E-state index in [1.807, 2.05) is 0 Å². The van der Waals surface area contributed by atoms with Crippen LogP contribution in [0, 0.1) is 11.8 Å². The molecule has 1 atom stereocenters. The number of nitrogens with zero attached hydrogens (tertiary/aromatic N) is 2. The van der Waals surface area contributed by atoms with Crippen molar-refractivity contribution in [2.24, 2.45) is 28.3 Å². The normalized spacial score (nSPS) is 22.4. The maximum atomic E-state index is 13.4. The van der Waals surface area contributed by atoms with Crippen LogP contribution in [0.1, 0.15) is 63.9 Å². The molecule has 0 aliphatic heterocycles. The monoisotopic (exact) mass is 521 g/mol. The largest absolute Gasteiger partial charge is 0.362 e. The molecule has 10 heteroatoms. The predicted molar refractivity (Wildman–Crippen MR) is 143 cm³/mol. The highest BCUT2D eigenvalue weighted by atomic mass is 16.5. The zero-order valence-electron chi connectivity index (χ0n) is 21.7. The van der Waals surface area contributed by atoms with Crippen molar-refractivity contribution in [3.8, 4) is 0 Å². The summed E-state index contributed by atoms with van der Waals surface area (Å²) in [4.78, 5) is 30.4. The summed E-state index contributed by atoms with van der Waals surface area (Å²) in [5, 5.41) is 26.0. The molecule has 0 heterocycles. The van der Waals surface area contributed by atoms with Gasteiger partial charge in [-0.2, -0.15) is 0 Å². The molecule has 4 aliphatic rings. The van der Waals surface area contributed by atoms with Crippen molar-refractivity contribution in [1.29, 1.82) is 0 Å². The number of allylic oxidation sites excluding steroid dienone is 1. The lowest BCUT2D eigenvalue weighted by atomic mass is 9.87. The quantitative estimate of drug-likeness (QED) is 0.131. The molecule has 0 saturated heterocycles. The first-order valence-electron chi connectivity index (χ1n) is 13.4. The Morgan fingerprint density at radius 3 is 2.63 bits per heavy atom. The van der Waals surface area contributed by atoms with Crippen molar-refractivity contribution in [3.05, 3.63) is 52.2 Å². The number of aliphatic imine (C=N–C) groups is 1. The van der Waals surface area contributed by atoms with Crippen LogP contribution in [0.15, 0.2) is 51.7 Å². The van der Waals surface area contributed by atoms with Gasteiger partial charge < -0.3 is 32.3 Å². The second-order valence-electron chi connectivity index (χ2n) is 11.0. The van der Waals surface area contributed by atoms with E-state index in [2.05, 4.69) is 15.6 Å². The van der Waals surface area contributed by atoms with Crippen molar-refractivity contribution >= 4 is 29.8 Å². The van der Waals surface area contributed by atoms with Gasteiger partial charge in [0.25, 0.3) is 5.91 Å². The van der Waals surface area contributed by atoms with Crippen LogP contribution in [-0.4, -0.2) is 51.5 Å². The van der Waals surface area contributed by atoms with Crippen LogP contribution in [-0.2, 0) is 15.4 Å². The van der Waals surface area contributed by atoms with Crippen molar-refractivity contribution in [2.75, 3.05) is 6.54 Å². The Balaban J connectivity index is 1.37. The van der Waals surface area contributed by atoms with Crippen LogP contribution in [0.25, 0.3) is 0 Å². The van der Waals surface area contributed by atoms with Gasteiger partial charge in [-0.25, -0.2) is 4.58 Å². The molecule has 2 fully saturated rings. The van der Waals surface area contributed by atoms with Crippen LogP contribution in [0.4, 0.5) is 5.69 Å². The summed E-state index contributed by atoms with van der Waals surface area (Å²) >= 11 is 0. The van der Waals surface area contributed by atoms with Gasteiger partial charge in [0, 0.05) is 36.6 Å². The second kappa shape index (κ2) is 10.3. The standard InChI is InChI=1S/C28H36N6O4/c1-28(37,38)19-3-2-4-20(12-19)32-27(30)34(15-29)21-10-9-18-11-23(33-25(35)17-7-8-17)24(22(18)13-21)26(36)31-14-16-5-6-16/h2-4,12,15-17,21,29,37-38H,5-11,13-14H2,1H3,(H4,30,31,32,33,35,36)/p+1/t21-/m0/s1. The van der Waals surface area contributed by atoms with Gasteiger partial charge in [-0.05, 0) is 69.1 Å². The predicted octanol–water partition coefficient (Wildman–Crippen LogP) is 1.35. The van der Waals surface area contributed by atoms with Crippen LogP contribution in [0.2, 0.25) is 0 Å². The number of carbonyl (C=O) groups is 2. The number of nitrogens with two attached hydrogens (primary N) is 2. The first-order valence-corrected chi connectivity index (χ1v) is 13.4. The first kappa shape index (κ1) is 26.1. The molecule has 38 heavy (non-hydrogen) atoms. The van der Waals surface area contributed by atoms with Crippen LogP contribution in [0.5, 0.6) is 0 Å². The van der Waals surface area contributed by atoms with E-state index in [1.54, 1.807) is 28.8 Å². The third-order valence-corrected chi connectivity index (χ3v) is 7.79. The molecule has 0 spiro atoms. The number of benzene rings is 1. The minimum Gasteiger partial charge on any atom is -0.362 e. The summed E-state index contributed by atoms with van der Waals surface area (Å²) in [7, 11) is 0. The Morgan fingerprint density at radius 1 is 1.21 bits per heavy atom. The number of guanidine groups is 1. The molecular formula is C28H37N6O4+. The molecule has 1 aromatic rings. The third-order valence-electron chi connectivity index (χ3n) is 7.79. The van der Waals surface area contributed by atoms with E-state index >= 15 is 0 Å². The summed E-state index contributed by atoms with van der Waals surface area (Å²) in [6.45, 7) is 1.93. The molecule has 2 saturated carbocycles. The molecule has 4 aliphatic carbocycles. The highest BCUT2D eigenvalue weighted by Crippen LogP contribution is 2.42.